The highest BCUT2D eigenvalue weighted by Crippen LogP contribution is 2.31. The first-order valence-corrected chi connectivity index (χ1v) is 12.1. The van der Waals surface area contributed by atoms with Gasteiger partial charge in [0.25, 0.3) is 11.5 Å². The lowest BCUT2D eigenvalue weighted by Gasteiger charge is -2.11. The van der Waals surface area contributed by atoms with E-state index in [0.717, 1.165) is 14.7 Å². The van der Waals surface area contributed by atoms with Crippen LogP contribution in [0.15, 0.2) is 52.6 Å². The van der Waals surface area contributed by atoms with Gasteiger partial charge in [-0.1, -0.05) is 18.2 Å². The van der Waals surface area contributed by atoms with Crippen LogP contribution in [0.3, 0.4) is 0 Å². The number of anilines is 1. The summed E-state index contributed by atoms with van der Waals surface area (Å²) in [4.78, 5) is 39.1. The number of fused-ring (bicyclic) bond motifs is 1. The van der Waals surface area contributed by atoms with Crippen LogP contribution in [0, 0.1) is 17.4 Å². The number of ether oxygens (including phenoxy) is 1. The number of nitrogens with one attached hydrogen (secondary N) is 1. The molecule has 33 heavy (non-hydrogen) atoms. The van der Waals surface area contributed by atoms with E-state index < -0.39 is 11.5 Å². The van der Waals surface area contributed by atoms with Gasteiger partial charge in [0, 0.05) is 14.3 Å². The molecular weight excluding hydrogens is 553 g/mol. The molecular formula is C24H20IN3O4S. The van der Waals surface area contributed by atoms with Crippen molar-refractivity contribution in [3.05, 3.63) is 84.2 Å². The maximum atomic E-state index is 13.5. The highest BCUT2D eigenvalue weighted by molar-refractivity contribution is 14.1. The third-order valence-corrected chi connectivity index (χ3v) is 7.04. The third-order valence-electron chi connectivity index (χ3n) is 5.20. The highest BCUT2D eigenvalue weighted by atomic mass is 127. The van der Waals surface area contributed by atoms with Crippen molar-refractivity contribution in [2.24, 2.45) is 0 Å². The number of aromatic nitrogens is 2. The number of nitrogens with zero attached hydrogens (tertiary/aromatic N) is 2. The molecule has 0 aliphatic carbocycles. The molecule has 0 bridgehead atoms. The number of rotatable bonds is 5. The second-order valence-electron chi connectivity index (χ2n) is 7.34. The number of carbonyl (C=O) groups is 2. The second-order valence-corrected chi connectivity index (χ2v) is 9.38. The van der Waals surface area contributed by atoms with E-state index in [9.17, 15) is 14.4 Å². The quantitative estimate of drug-likeness (QED) is 0.265. The summed E-state index contributed by atoms with van der Waals surface area (Å²) in [7, 11) is 0. The molecule has 1 amide bonds. The van der Waals surface area contributed by atoms with Crippen molar-refractivity contribution < 1.29 is 14.3 Å². The van der Waals surface area contributed by atoms with Crippen LogP contribution in [0.5, 0.6) is 0 Å². The zero-order valence-electron chi connectivity index (χ0n) is 18.1. The number of hydrogen-bond acceptors (Lipinski definition) is 6. The SMILES string of the molecule is CCOC(=O)c1nn(-c2ccc(C)c(C)c2)c(=O)c2c(NC(=O)c3ccccc3I)scc12. The van der Waals surface area contributed by atoms with E-state index in [1.165, 1.54) is 16.0 Å². The zero-order chi connectivity index (χ0) is 23.7. The Morgan fingerprint density at radius 3 is 2.61 bits per heavy atom. The zero-order valence-corrected chi connectivity index (χ0v) is 21.1. The first kappa shape index (κ1) is 23.1. The molecule has 0 fully saturated rings. The van der Waals surface area contributed by atoms with Crippen molar-refractivity contribution >= 4 is 61.6 Å². The summed E-state index contributed by atoms with van der Waals surface area (Å²) in [6.45, 7) is 5.78. The number of thiophene rings is 1. The van der Waals surface area contributed by atoms with Crippen molar-refractivity contribution in [2.75, 3.05) is 11.9 Å². The fraction of sp³-hybridized carbons (Fsp3) is 0.167. The van der Waals surface area contributed by atoms with Gasteiger partial charge < -0.3 is 10.1 Å². The summed E-state index contributed by atoms with van der Waals surface area (Å²) >= 11 is 3.26. The van der Waals surface area contributed by atoms with Crippen molar-refractivity contribution in [1.29, 1.82) is 0 Å². The van der Waals surface area contributed by atoms with Crippen LogP contribution in [0.4, 0.5) is 5.00 Å². The minimum absolute atomic E-state index is 0.0238. The smallest absolute Gasteiger partial charge is 0.359 e. The first-order valence-electron chi connectivity index (χ1n) is 10.2. The monoisotopic (exact) mass is 573 g/mol. The molecule has 2 heterocycles. The molecule has 4 aromatic rings. The Morgan fingerprint density at radius 1 is 1.15 bits per heavy atom. The molecule has 0 unspecified atom stereocenters. The van der Waals surface area contributed by atoms with Crippen LogP contribution < -0.4 is 10.9 Å². The van der Waals surface area contributed by atoms with Crippen LogP contribution >= 0.6 is 33.9 Å². The number of aryl methyl sites for hydroxylation is 2. The van der Waals surface area contributed by atoms with Crippen molar-refractivity contribution in [3.8, 4) is 5.69 Å². The molecule has 2 aromatic carbocycles. The number of esters is 1. The number of halogens is 1. The van der Waals surface area contributed by atoms with E-state index in [1.807, 2.05) is 38.1 Å². The summed E-state index contributed by atoms with van der Waals surface area (Å²) in [5.74, 6) is -0.969. The third kappa shape index (κ3) is 4.42. The number of benzene rings is 2. The molecule has 0 aliphatic heterocycles. The van der Waals surface area contributed by atoms with E-state index in [2.05, 4.69) is 33.0 Å². The lowest BCUT2D eigenvalue weighted by molar-refractivity contribution is 0.0520. The average molecular weight is 573 g/mol. The Hall–Kier alpha value is -3.05. The van der Waals surface area contributed by atoms with Gasteiger partial charge in [-0.15, -0.1) is 11.3 Å². The van der Waals surface area contributed by atoms with E-state index in [-0.39, 0.29) is 23.6 Å². The van der Waals surface area contributed by atoms with Crippen LogP contribution in [0.1, 0.15) is 38.9 Å². The summed E-state index contributed by atoms with van der Waals surface area (Å²) in [5.41, 5.74) is 2.66. The van der Waals surface area contributed by atoms with Gasteiger partial charge in [-0.3, -0.25) is 9.59 Å². The minimum Gasteiger partial charge on any atom is -0.461 e. The number of carbonyl (C=O) groups excluding carboxylic acids is 2. The standard InChI is InChI=1S/C24H20IN3O4S/c1-4-32-24(31)20-17-12-33-22(26-21(29)16-7-5-6-8-18(16)25)19(17)23(30)28(27-20)15-10-9-13(2)14(3)11-15/h5-12H,4H2,1-3H3,(H,26,29). The Kier molecular flexibility index (Phi) is 6.61. The maximum Gasteiger partial charge on any atom is 0.359 e. The van der Waals surface area contributed by atoms with Gasteiger partial charge in [-0.05, 0) is 78.8 Å². The molecule has 0 saturated carbocycles. The number of amides is 1. The van der Waals surface area contributed by atoms with Gasteiger partial charge >= 0.3 is 5.97 Å². The summed E-state index contributed by atoms with van der Waals surface area (Å²) in [6.07, 6.45) is 0. The molecule has 7 nitrogen and oxygen atoms in total. The van der Waals surface area contributed by atoms with Crippen molar-refractivity contribution in [1.82, 2.24) is 9.78 Å². The Morgan fingerprint density at radius 2 is 1.91 bits per heavy atom. The molecule has 1 N–H and O–H groups in total. The second kappa shape index (κ2) is 9.44. The van der Waals surface area contributed by atoms with Crippen LogP contribution in [-0.2, 0) is 4.74 Å². The Bertz CT molecular complexity index is 1460. The molecule has 4 rings (SSSR count). The molecule has 2 aromatic heterocycles. The van der Waals surface area contributed by atoms with Gasteiger partial charge in [0.2, 0.25) is 0 Å². The normalized spacial score (nSPS) is 10.9. The molecule has 0 spiro atoms. The van der Waals surface area contributed by atoms with Gasteiger partial charge in [0.1, 0.15) is 5.00 Å². The van der Waals surface area contributed by atoms with E-state index in [1.54, 1.807) is 30.5 Å². The predicted octanol–water partition coefficient (Wildman–Crippen LogP) is 5.10. The van der Waals surface area contributed by atoms with E-state index >= 15 is 0 Å². The largest absolute Gasteiger partial charge is 0.461 e. The minimum atomic E-state index is -0.631. The van der Waals surface area contributed by atoms with Gasteiger partial charge in [0.05, 0.1) is 23.2 Å². The Balaban J connectivity index is 1.91. The number of hydrogen-bond donors (Lipinski definition) is 1. The van der Waals surface area contributed by atoms with Crippen molar-refractivity contribution in [3.63, 3.8) is 0 Å². The molecule has 0 radical (unpaired) electrons. The fourth-order valence-corrected chi connectivity index (χ4v) is 4.90. The van der Waals surface area contributed by atoms with Crippen LogP contribution in [0.2, 0.25) is 0 Å². The lowest BCUT2D eigenvalue weighted by atomic mass is 10.1. The van der Waals surface area contributed by atoms with Gasteiger partial charge in [-0.25, -0.2) is 4.79 Å². The first-order chi connectivity index (χ1) is 15.8. The molecule has 0 atom stereocenters. The van der Waals surface area contributed by atoms with Gasteiger partial charge in [-0.2, -0.15) is 9.78 Å². The van der Waals surface area contributed by atoms with Crippen LogP contribution in [0.25, 0.3) is 16.5 Å². The van der Waals surface area contributed by atoms with Crippen LogP contribution in [-0.4, -0.2) is 28.3 Å². The summed E-state index contributed by atoms with van der Waals surface area (Å²) in [6, 6.07) is 12.7. The molecule has 0 aliphatic rings. The van der Waals surface area contributed by atoms with Crippen molar-refractivity contribution in [2.45, 2.75) is 20.8 Å². The molecule has 9 heteroatoms. The lowest BCUT2D eigenvalue weighted by Crippen LogP contribution is -2.25. The average Bonchev–Trinajstić information content (AvgIpc) is 3.20. The van der Waals surface area contributed by atoms with E-state index in [4.69, 9.17) is 4.74 Å². The predicted molar refractivity (Wildman–Crippen MR) is 138 cm³/mol. The molecule has 168 valence electrons. The summed E-state index contributed by atoms with van der Waals surface area (Å²) in [5, 5.41) is 9.75. The summed E-state index contributed by atoms with van der Waals surface area (Å²) < 4.78 is 7.16. The Labute approximate surface area is 207 Å². The molecule has 0 saturated heterocycles. The van der Waals surface area contributed by atoms with E-state index in [0.29, 0.717) is 21.6 Å². The van der Waals surface area contributed by atoms with Gasteiger partial charge in [0.15, 0.2) is 5.69 Å². The highest BCUT2D eigenvalue weighted by Gasteiger charge is 2.23. The topological polar surface area (TPSA) is 90.3 Å². The maximum absolute atomic E-state index is 13.5. The fourth-order valence-electron chi connectivity index (χ4n) is 3.34.